The Hall–Kier alpha value is -3.82. The van der Waals surface area contributed by atoms with Crippen molar-refractivity contribution >= 4 is 23.9 Å². The molecule has 2 heterocycles. The number of aromatic nitrogens is 1. The lowest BCUT2D eigenvalue weighted by molar-refractivity contribution is -0.151. The Morgan fingerprint density at radius 1 is 1.14 bits per heavy atom. The molecule has 0 N–H and O–H groups in total. The van der Waals surface area contributed by atoms with Crippen LogP contribution in [0.2, 0.25) is 0 Å². The van der Waals surface area contributed by atoms with Gasteiger partial charge in [-0.3, -0.25) is 9.59 Å². The van der Waals surface area contributed by atoms with Crippen LogP contribution in [0.3, 0.4) is 0 Å². The Morgan fingerprint density at radius 2 is 1.89 bits per heavy atom. The maximum Gasteiger partial charge on any atom is 0.331 e. The molecule has 1 aliphatic rings. The minimum Gasteiger partial charge on any atom is -0.493 e. The summed E-state index contributed by atoms with van der Waals surface area (Å²) in [5, 5.41) is 3.91. The lowest BCUT2D eigenvalue weighted by Gasteiger charge is -2.30. The van der Waals surface area contributed by atoms with Crippen molar-refractivity contribution in [2.75, 3.05) is 33.9 Å². The van der Waals surface area contributed by atoms with Gasteiger partial charge in [0.2, 0.25) is 0 Å². The van der Waals surface area contributed by atoms with E-state index in [0.717, 1.165) is 11.3 Å². The van der Waals surface area contributed by atoms with E-state index < -0.39 is 5.97 Å². The summed E-state index contributed by atoms with van der Waals surface area (Å²) in [7, 11) is 2.88. The van der Waals surface area contributed by atoms with E-state index >= 15 is 0 Å². The summed E-state index contributed by atoms with van der Waals surface area (Å²) in [6.45, 7) is 4.45. The van der Waals surface area contributed by atoms with E-state index in [-0.39, 0.29) is 31.0 Å². The first kappa shape index (κ1) is 25.8. The van der Waals surface area contributed by atoms with E-state index in [9.17, 15) is 14.4 Å². The van der Waals surface area contributed by atoms with Crippen LogP contribution in [0, 0.1) is 19.8 Å². The molecule has 1 amide bonds. The van der Waals surface area contributed by atoms with E-state index in [0.29, 0.717) is 48.8 Å². The number of amides is 1. The number of benzene rings is 1. The first-order chi connectivity index (χ1) is 16.8. The number of aryl methyl sites for hydroxylation is 2. The van der Waals surface area contributed by atoms with E-state index in [4.69, 9.17) is 23.5 Å². The molecule has 188 valence electrons. The third-order valence-electron chi connectivity index (χ3n) is 5.87. The van der Waals surface area contributed by atoms with Crippen LogP contribution in [-0.2, 0) is 30.5 Å². The molecule has 1 aliphatic heterocycles. The number of piperidine rings is 1. The molecule has 2 aromatic rings. The molecule has 1 aromatic heterocycles. The fourth-order valence-corrected chi connectivity index (χ4v) is 3.73. The van der Waals surface area contributed by atoms with E-state index in [1.54, 1.807) is 29.2 Å². The van der Waals surface area contributed by atoms with Crippen LogP contribution >= 0.6 is 0 Å². The van der Waals surface area contributed by atoms with Gasteiger partial charge in [-0.05, 0) is 50.5 Å². The number of nitrogens with zero attached hydrogens (tertiary/aromatic N) is 2. The number of hydrogen-bond donors (Lipinski definition) is 0. The molecule has 3 rings (SSSR count). The summed E-state index contributed by atoms with van der Waals surface area (Å²) in [4.78, 5) is 37.6. The summed E-state index contributed by atoms with van der Waals surface area (Å²) in [6, 6.07) is 5.23. The van der Waals surface area contributed by atoms with Crippen molar-refractivity contribution in [3.63, 3.8) is 0 Å². The Balaban J connectivity index is 1.48. The van der Waals surface area contributed by atoms with E-state index in [1.165, 1.54) is 20.3 Å². The zero-order chi connectivity index (χ0) is 25.4. The molecule has 0 saturated carbocycles. The standard InChI is InChI=1S/C25H30N2O8/c1-16-20(17(2)35-26-16)14-33-21-7-5-18(13-22(21)31-3)6-8-24(29)34-15-23(28)27-11-9-19(10-12-27)25(30)32-4/h5-8,13,19H,9-12,14-15H2,1-4H3/b8-6+. The predicted octanol–water partition coefficient (Wildman–Crippen LogP) is 2.85. The molecule has 35 heavy (non-hydrogen) atoms. The van der Waals surface area contributed by atoms with Crippen LogP contribution < -0.4 is 9.47 Å². The summed E-state index contributed by atoms with van der Waals surface area (Å²) in [5.74, 6) is 0.344. The van der Waals surface area contributed by atoms with Crippen molar-refractivity contribution in [3.05, 3.63) is 46.9 Å². The average molecular weight is 487 g/mol. The molecule has 0 aliphatic carbocycles. The van der Waals surface area contributed by atoms with Gasteiger partial charge in [0, 0.05) is 19.2 Å². The van der Waals surface area contributed by atoms with Gasteiger partial charge < -0.3 is 28.4 Å². The maximum absolute atomic E-state index is 12.3. The van der Waals surface area contributed by atoms with Crippen LogP contribution in [0.1, 0.15) is 35.4 Å². The van der Waals surface area contributed by atoms with Gasteiger partial charge in [0.15, 0.2) is 18.1 Å². The minimum absolute atomic E-state index is 0.195. The van der Waals surface area contributed by atoms with Gasteiger partial charge in [-0.25, -0.2) is 4.79 Å². The molecular weight excluding hydrogens is 456 g/mol. The highest BCUT2D eigenvalue weighted by Crippen LogP contribution is 2.30. The van der Waals surface area contributed by atoms with Gasteiger partial charge in [-0.1, -0.05) is 11.2 Å². The number of hydrogen-bond acceptors (Lipinski definition) is 9. The SMILES string of the molecule is COC(=O)C1CCN(C(=O)COC(=O)/C=C/c2ccc(OCc3c(C)noc3C)c(OC)c2)CC1. The number of rotatable bonds is 9. The second kappa shape index (κ2) is 12.0. The Kier molecular flexibility index (Phi) is 8.88. The lowest BCUT2D eigenvalue weighted by atomic mass is 9.97. The molecule has 0 radical (unpaired) electrons. The van der Waals surface area contributed by atoms with Crippen LogP contribution in [0.15, 0.2) is 28.8 Å². The topological polar surface area (TPSA) is 117 Å². The second-order valence-corrected chi connectivity index (χ2v) is 8.12. The molecule has 1 saturated heterocycles. The first-order valence-corrected chi connectivity index (χ1v) is 11.3. The van der Waals surface area contributed by atoms with Crippen molar-refractivity contribution in [1.29, 1.82) is 0 Å². The normalized spacial score (nSPS) is 14.1. The third-order valence-corrected chi connectivity index (χ3v) is 5.87. The molecule has 0 spiro atoms. The molecule has 1 aromatic carbocycles. The Bertz CT molecular complexity index is 1060. The smallest absolute Gasteiger partial charge is 0.331 e. The zero-order valence-corrected chi connectivity index (χ0v) is 20.4. The lowest BCUT2D eigenvalue weighted by Crippen LogP contribution is -2.42. The van der Waals surface area contributed by atoms with Crippen molar-refractivity contribution in [2.45, 2.75) is 33.3 Å². The molecule has 0 bridgehead atoms. The Morgan fingerprint density at radius 3 is 2.51 bits per heavy atom. The number of likely N-dealkylation sites (tertiary alicyclic amines) is 1. The van der Waals surface area contributed by atoms with Crippen LogP contribution in [-0.4, -0.2) is 61.8 Å². The number of methoxy groups -OCH3 is 2. The minimum atomic E-state index is -0.638. The Labute approximate surface area is 203 Å². The fourth-order valence-electron chi connectivity index (χ4n) is 3.73. The van der Waals surface area contributed by atoms with Gasteiger partial charge in [0.25, 0.3) is 5.91 Å². The van der Waals surface area contributed by atoms with Gasteiger partial charge >= 0.3 is 11.9 Å². The van der Waals surface area contributed by atoms with E-state index in [1.807, 2.05) is 13.8 Å². The average Bonchev–Trinajstić information content (AvgIpc) is 3.21. The summed E-state index contributed by atoms with van der Waals surface area (Å²) in [5.41, 5.74) is 2.34. The summed E-state index contributed by atoms with van der Waals surface area (Å²) < 4.78 is 26.2. The molecule has 10 nitrogen and oxygen atoms in total. The highest BCUT2D eigenvalue weighted by atomic mass is 16.5. The number of carbonyl (C=O) groups is 3. The zero-order valence-electron chi connectivity index (χ0n) is 20.4. The van der Waals surface area contributed by atoms with Crippen molar-refractivity contribution in [1.82, 2.24) is 10.1 Å². The number of carbonyl (C=O) groups excluding carboxylic acids is 3. The van der Waals surface area contributed by atoms with Crippen molar-refractivity contribution in [2.24, 2.45) is 5.92 Å². The molecule has 10 heteroatoms. The van der Waals surface area contributed by atoms with Gasteiger partial charge in [0.05, 0.1) is 31.4 Å². The van der Waals surface area contributed by atoms with Crippen molar-refractivity contribution < 1.29 is 37.9 Å². The quantitative estimate of drug-likeness (QED) is 0.389. The monoisotopic (exact) mass is 486 g/mol. The third kappa shape index (κ3) is 6.84. The summed E-state index contributed by atoms with van der Waals surface area (Å²) >= 11 is 0. The highest BCUT2D eigenvalue weighted by molar-refractivity contribution is 5.89. The summed E-state index contributed by atoms with van der Waals surface area (Å²) in [6.07, 6.45) is 3.88. The highest BCUT2D eigenvalue weighted by Gasteiger charge is 2.28. The van der Waals surface area contributed by atoms with Crippen LogP contribution in [0.4, 0.5) is 0 Å². The van der Waals surface area contributed by atoms with Gasteiger partial charge in [-0.2, -0.15) is 0 Å². The van der Waals surface area contributed by atoms with E-state index in [2.05, 4.69) is 5.16 Å². The molecule has 0 atom stereocenters. The van der Waals surface area contributed by atoms with Crippen molar-refractivity contribution in [3.8, 4) is 11.5 Å². The predicted molar refractivity (Wildman–Crippen MR) is 125 cm³/mol. The number of esters is 2. The van der Waals surface area contributed by atoms with Crippen LogP contribution in [0.25, 0.3) is 6.08 Å². The number of ether oxygens (including phenoxy) is 4. The van der Waals surface area contributed by atoms with Gasteiger partial charge in [-0.15, -0.1) is 0 Å². The largest absolute Gasteiger partial charge is 0.493 e. The van der Waals surface area contributed by atoms with Gasteiger partial charge in [0.1, 0.15) is 12.4 Å². The fraction of sp³-hybridized carbons (Fsp3) is 0.440. The maximum atomic E-state index is 12.3. The molecular formula is C25H30N2O8. The molecule has 1 fully saturated rings. The second-order valence-electron chi connectivity index (χ2n) is 8.12. The van der Waals surface area contributed by atoms with Crippen LogP contribution in [0.5, 0.6) is 11.5 Å². The first-order valence-electron chi connectivity index (χ1n) is 11.3. The molecule has 0 unspecified atom stereocenters.